The van der Waals surface area contributed by atoms with Gasteiger partial charge in [-0.1, -0.05) is 0 Å². The molecule has 1 unspecified atom stereocenters. The van der Waals surface area contributed by atoms with Crippen molar-refractivity contribution in [3.05, 3.63) is 0 Å². The SMILES string of the molecule is CCOCCC(N)COC. The molecule has 0 aromatic carbocycles. The summed E-state index contributed by atoms with van der Waals surface area (Å²) < 4.78 is 9.97. The summed E-state index contributed by atoms with van der Waals surface area (Å²) in [7, 11) is 1.65. The van der Waals surface area contributed by atoms with Gasteiger partial charge < -0.3 is 15.2 Å². The van der Waals surface area contributed by atoms with Crippen LogP contribution in [0.15, 0.2) is 0 Å². The van der Waals surface area contributed by atoms with Crippen LogP contribution in [0.5, 0.6) is 0 Å². The Morgan fingerprint density at radius 1 is 1.50 bits per heavy atom. The highest BCUT2D eigenvalue weighted by atomic mass is 16.5. The van der Waals surface area contributed by atoms with Gasteiger partial charge in [0, 0.05) is 26.4 Å². The van der Waals surface area contributed by atoms with E-state index < -0.39 is 0 Å². The first-order valence-corrected chi connectivity index (χ1v) is 3.63. The molecule has 0 aliphatic heterocycles. The Labute approximate surface area is 62.5 Å². The van der Waals surface area contributed by atoms with Crippen LogP contribution in [0.4, 0.5) is 0 Å². The summed E-state index contributed by atoms with van der Waals surface area (Å²) in [5, 5.41) is 0. The van der Waals surface area contributed by atoms with E-state index in [0.29, 0.717) is 6.61 Å². The highest BCUT2D eigenvalue weighted by Crippen LogP contribution is 1.89. The second-order valence-corrected chi connectivity index (χ2v) is 2.20. The van der Waals surface area contributed by atoms with Crippen LogP contribution in [-0.2, 0) is 9.47 Å². The molecule has 0 saturated carbocycles. The molecule has 0 bridgehead atoms. The molecule has 0 heterocycles. The van der Waals surface area contributed by atoms with E-state index in [0.717, 1.165) is 19.6 Å². The van der Waals surface area contributed by atoms with Crippen LogP contribution < -0.4 is 5.73 Å². The van der Waals surface area contributed by atoms with Crippen LogP contribution in [0.2, 0.25) is 0 Å². The van der Waals surface area contributed by atoms with Gasteiger partial charge in [0.05, 0.1) is 6.61 Å². The summed E-state index contributed by atoms with van der Waals surface area (Å²) in [5.74, 6) is 0. The van der Waals surface area contributed by atoms with Crippen molar-refractivity contribution in [2.75, 3.05) is 26.9 Å². The van der Waals surface area contributed by atoms with Gasteiger partial charge in [-0.25, -0.2) is 0 Å². The van der Waals surface area contributed by atoms with Gasteiger partial charge in [-0.2, -0.15) is 0 Å². The van der Waals surface area contributed by atoms with Crippen LogP contribution in [-0.4, -0.2) is 33.0 Å². The largest absolute Gasteiger partial charge is 0.383 e. The molecule has 3 heteroatoms. The Morgan fingerprint density at radius 2 is 2.20 bits per heavy atom. The lowest BCUT2D eigenvalue weighted by Crippen LogP contribution is -2.27. The molecular weight excluding hydrogens is 130 g/mol. The summed E-state index contributed by atoms with van der Waals surface area (Å²) in [6, 6.07) is 0.122. The van der Waals surface area contributed by atoms with E-state index in [1.807, 2.05) is 6.92 Å². The van der Waals surface area contributed by atoms with Gasteiger partial charge >= 0.3 is 0 Å². The average Bonchev–Trinajstić information content (AvgIpc) is 1.89. The van der Waals surface area contributed by atoms with Crippen LogP contribution in [0.3, 0.4) is 0 Å². The summed E-state index contributed by atoms with van der Waals surface area (Å²) in [6.45, 7) is 4.09. The second-order valence-electron chi connectivity index (χ2n) is 2.20. The fourth-order valence-corrected chi connectivity index (χ4v) is 0.676. The van der Waals surface area contributed by atoms with Gasteiger partial charge in [-0.15, -0.1) is 0 Å². The maximum atomic E-state index is 5.62. The first kappa shape index (κ1) is 9.88. The first-order chi connectivity index (χ1) is 4.81. The number of nitrogens with two attached hydrogens (primary N) is 1. The van der Waals surface area contributed by atoms with Crippen LogP contribution in [0, 0.1) is 0 Å². The maximum absolute atomic E-state index is 5.62. The van der Waals surface area contributed by atoms with Crippen molar-refractivity contribution in [1.82, 2.24) is 0 Å². The third-order valence-corrected chi connectivity index (χ3v) is 1.22. The van der Waals surface area contributed by atoms with E-state index in [1.165, 1.54) is 0 Å². The zero-order chi connectivity index (χ0) is 7.82. The molecule has 1 atom stereocenters. The second kappa shape index (κ2) is 6.99. The van der Waals surface area contributed by atoms with E-state index in [9.17, 15) is 0 Å². The first-order valence-electron chi connectivity index (χ1n) is 3.63. The molecule has 0 rings (SSSR count). The molecule has 0 aromatic heterocycles. The van der Waals surface area contributed by atoms with Crippen molar-refractivity contribution in [2.24, 2.45) is 5.73 Å². The molecule has 0 amide bonds. The molecular formula is C7H17NO2. The molecule has 0 saturated heterocycles. The van der Waals surface area contributed by atoms with Crippen molar-refractivity contribution < 1.29 is 9.47 Å². The van der Waals surface area contributed by atoms with Crippen molar-refractivity contribution in [1.29, 1.82) is 0 Å². The lowest BCUT2D eigenvalue weighted by molar-refractivity contribution is 0.120. The summed E-state index contributed by atoms with van der Waals surface area (Å²) in [5.41, 5.74) is 5.62. The number of methoxy groups -OCH3 is 1. The lowest BCUT2D eigenvalue weighted by Gasteiger charge is -2.08. The fourth-order valence-electron chi connectivity index (χ4n) is 0.676. The van der Waals surface area contributed by atoms with Gasteiger partial charge in [-0.05, 0) is 13.3 Å². The minimum atomic E-state index is 0.122. The van der Waals surface area contributed by atoms with Gasteiger partial charge in [0.25, 0.3) is 0 Å². The summed E-state index contributed by atoms with van der Waals surface area (Å²) in [4.78, 5) is 0. The number of hydrogen-bond acceptors (Lipinski definition) is 3. The molecule has 3 nitrogen and oxygen atoms in total. The molecule has 0 fully saturated rings. The third kappa shape index (κ3) is 6.01. The molecule has 10 heavy (non-hydrogen) atoms. The topological polar surface area (TPSA) is 44.5 Å². The fraction of sp³-hybridized carbons (Fsp3) is 1.00. The van der Waals surface area contributed by atoms with E-state index in [4.69, 9.17) is 15.2 Å². The van der Waals surface area contributed by atoms with E-state index in [1.54, 1.807) is 7.11 Å². The molecule has 2 N–H and O–H groups in total. The summed E-state index contributed by atoms with van der Waals surface area (Å²) in [6.07, 6.45) is 0.877. The van der Waals surface area contributed by atoms with Crippen LogP contribution in [0.1, 0.15) is 13.3 Å². The Morgan fingerprint density at radius 3 is 2.70 bits per heavy atom. The molecule has 0 radical (unpaired) electrons. The number of ether oxygens (including phenoxy) is 2. The lowest BCUT2D eigenvalue weighted by atomic mass is 10.2. The Kier molecular flexibility index (Phi) is 6.91. The molecule has 62 valence electrons. The molecule has 0 aliphatic rings. The van der Waals surface area contributed by atoms with Crippen molar-refractivity contribution in [3.8, 4) is 0 Å². The molecule has 0 aliphatic carbocycles. The predicted molar refractivity (Wildman–Crippen MR) is 41.0 cm³/mol. The minimum absolute atomic E-state index is 0.122. The number of hydrogen-bond donors (Lipinski definition) is 1. The van der Waals surface area contributed by atoms with Crippen LogP contribution >= 0.6 is 0 Å². The van der Waals surface area contributed by atoms with Gasteiger partial charge in [-0.3, -0.25) is 0 Å². The highest BCUT2D eigenvalue weighted by Gasteiger charge is 1.99. The minimum Gasteiger partial charge on any atom is -0.383 e. The van der Waals surface area contributed by atoms with Gasteiger partial charge in [0.15, 0.2) is 0 Å². The van der Waals surface area contributed by atoms with E-state index >= 15 is 0 Å². The van der Waals surface area contributed by atoms with E-state index in [-0.39, 0.29) is 6.04 Å². The quantitative estimate of drug-likeness (QED) is 0.553. The van der Waals surface area contributed by atoms with Crippen molar-refractivity contribution >= 4 is 0 Å². The van der Waals surface area contributed by atoms with Crippen molar-refractivity contribution in [3.63, 3.8) is 0 Å². The normalized spacial score (nSPS) is 13.5. The van der Waals surface area contributed by atoms with Gasteiger partial charge in [0.1, 0.15) is 0 Å². The Hall–Kier alpha value is -0.120. The maximum Gasteiger partial charge on any atom is 0.0614 e. The van der Waals surface area contributed by atoms with Crippen LogP contribution in [0.25, 0.3) is 0 Å². The molecule has 0 aromatic rings. The standard InChI is InChI=1S/C7H17NO2/c1-3-10-5-4-7(8)6-9-2/h7H,3-6,8H2,1-2H3. The summed E-state index contributed by atoms with van der Waals surface area (Å²) >= 11 is 0. The zero-order valence-corrected chi connectivity index (χ0v) is 6.80. The zero-order valence-electron chi connectivity index (χ0n) is 6.80. The molecule has 0 spiro atoms. The van der Waals surface area contributed by atoms with E-state index in [2.05, 4.69) is 0 Å². The third-order valence-electron chi connectivity index (χ3n) is 1.22. The average molecular weight is 147 g/mol. The Balaban J connectivity index is 2.97. The number of rotatable bonds is 6. The predicted octanol–water partition coefficient (Wildman–Crippen LogP) is 0.387. The van der Waals surface area contributed by atoms with Crippen molar-refractivity contribution in [2.45, 2.75) is 19.4 Å². The monoisotopic (exact) mass is 147 g/mol. The smallest absolute Gasteiger partial charge is 0.0614 e. The highest BCUT2D eigenvalue weighted by molar-refractivity contribution is 4.57. The van der Waals surface area contributed by atoms with Gasteiger partial charge in [0.2, 0.25) is 0 Å². The Bertz CT molecular complexity index is 68.6.